The van der Waals surface area contributed by atoms with Gasteiger partial charge in [0.1, 0.15) is 6.26 Å². The summed E-state index contributed by atoms with van der Waals surface area (Å²) in [7, 11) is 0. The van der Waals surface area contributed by atoms with E-state index in [1.165, 1.54) is 6.26 Å². The third-order valence-corrected chi connectivity index (χ3v) is 2.04. The Hall–Kier alpha value is -1.13. The third-order valence-electron chi connectivity index (χ3n) is 2.04. The van der Waals surface area contributed by atoms with Crippen LogP contribution in [0.2, 0.25) is 0 Å². The van der Waals surface area contributed by atoms with Gasteiger partial charge in [-0.25, -0.2) is 8.78 Å². The molecule has 1 aromatic rings. The van der Waals surface area contributed by atoms with Crippen molar-refractivity contribution < 1.29 is 13.2 Å². The summed E-state index contributed by atoms with van der Waals surface area (Å²) >= 11 is 0. The second kappa shape index (κ2) is 2.68. The number of nitrogens with zero attached hydrogens (tertiary/aromatic N) is 1. The zero-order valence-corrected chi connectivity index (χ0v) is 7.18. The number of aromatic nitrogens is 1. The van der Waals surface area contributed by atoms with Gasteiger partial charge in [0.15, 0.2) is 0 Å². The molecule has 13 heavy (non-hydrogen) atoms. The Bertz CT molecular complexity index is 303. The fraction of sp³-hybridized carbons (Fsp3) is 0.625. The van der Waals surface area contributed by atoms with Gasteiger partial charge in [-0.1, -0.05) is 0 Å². The van der Waals surface area contributed by atoms with Crippen molar-refractivity contribution in [3.8, 4) is 0 Å². The van der Waals surface area contributed by atoms with Crippen LogP contribution < -0.4 is 5.32 Å². The van der Waals surface area contributed by atoms with Gasteiger partial charge < -0.3 is 9.73 Å². The van der Waals surface area contributed by atoms with E-state index in [0.29, 0.717) is 6.01 Å². The van der Waals surface area contributed by atoms with Gasteiger partial charge in [-0.15, -0.1) is 0 Å². The van der Waals surface area contributed by atoms with Gasteiger partial charge in [-0.05, 0) is 6.92 Å². The number of aryl methyl sites for hydroxylation is 1. The van der Waals surface area contributed by atoms with Crippen LogP contribution in [0.15, 0.2) is 10.7 Å². The monoisotopic (exact) mass is 188 g/mol. The maximum atomic E-state index is 12.4. The quantitative estimate of drug-likeness (QED) is 0.773. The molecule has 1 fully saturated rings. The first-order valence-corrected chi connectivity index (χ1v) is 4.12. The maximum Gasteiger partial charge on any atom is 0.294 e. The zero-order valence-electron chi connectivity index (χ0n) is 7.18. The van der Waals surface area contributed by atoms with Crippen molar-refractivity contribution in [3.05, 3.63) is 12.0 Å². The van der Waals surface area contributed by atoms with Crippen LogP contribution in [-0.4, -0.2) is 16.9 Å². The lowest BCUT2D eigenvalue weighted by Crippen LogP contribution is -2.44. The molecule has 0 saturated heterocycles. The summed E-state index contributed by atoms with van der Waals surface area (Å²) in [6.45, 7) is 1.78. The predicted molar refractivity (Wildman–Crippen MR) is 42.8 cm³/mol. The first-order chi connectivity index (χ1) is 6.05. The highest BCUT2D eigenvalue weighted by atomic mass is 19.3. The Morgan fingerprint density at radius 1 is 1.62 bits per heavy atom. The lowest BCUT2D eigenvalue weighted by Gasteiger charge is -2.34. The van der Waals surface area contributed by atoms with E-state index in [1.807, 2.05) is 0 Å². The van der Waals surface area contributed by atoms with Crippen LogP contribution in [0.25, 0.3) is 0 Å². The highest BCUT2D eigenvalue weighted by molar-refractivity contribution is 5.25. The molecule has 0 spiro atoms. The van der Waals surface area contributed by atoms with Gasteiger partial charge in [-0.2, -0.15) is 4.98 Å². The number of oxazole rings is 1. The normalized spacial score (nSPS) is 21.2. The van der Waals surface area contributed by atoms with Crippen LogP contribution in [0, 0.1) is 6.92 Å². The predicted octanol–water partition coefficient (Wildman–Crippen LogP) is 2.19. The molecule has 0 unspecified atom stereocenters. The molecule has 1 heterocycles. The maximum absolute atomic E-state index is 12.4. The number of halogens is 2. The summed E-state index contributed by atoms with van der Waals surface area (Å²) in [5.41, 5.74) is 0.744. The number of nitrogens with one attached hydrogen (secondary N) is 1. The number of hydrogen-bond donors (Lipinski definition) is 1. The van der Waals surface area contributed by atoms with E-state index in [4.69, 9.17) is 4.42 Å². The topological polar surface area (TPSA) is 38.1 Å². The molecule has 1 aromatic heterocycles. The minimum Gasteiger partial charge on any atom is -0.432 e. The van der Waals surface area contributed by atoms with Crippen LogP contribution in [0.4, 0.5) is 14.8 Å². The molecule has 2 rings (SSSR count). The molecule has 1 aliphatic rings. The lowest BCUT2D eigenvalue weighted by atomic mass is 9.88. The van der Waals surface area contributed by atoms with Crippen LogP contribution in [-0.2, 0) is 0 Å². The summed E-state index contributed by atoms with van der Waals surface area (Å²) in [4.78, 5) is 3.96. The van der Waals surface area contributed by atoms with Crippen LogP contribution in [0.5, 0.6) is 0 Å². The minimum atomic E-state index is -2.50. The number of alkyl halides is 2. The molecule has 5 heteroatoms. The van der Waals surface area contributed by atoms with Gasteiger partial charge >= 0.3 is 0 Å². The van der Waals surface area contributed by atoms with Gasteiger partial charge in [0.2, 0.25) is 0 Å². The average molecular weight is 188 g/mol. The number of hydrogen-bond acceptors (Lipinski definition) is 3. The van der Waals surface area contributed by atoms with Crippen molar-refractivity contribution in [1.29, 1.82) is 0 Å². The number of rotatable bonds is 2. The van der Waals surface area contributed by atoms with Crippen molar-refractivity contribution in [2.45, 2.75) is 31.7 Å². The lowest BCUT2D eigenvalue weighted by molar-refractivity contribution is -0.0797. The Morgan fingerprint density at radius 2 is 2.31 bits per heavy atom. The Labute approximate surface area is 74.1 Å². The van der Waals surface area contributed by atoms with Crippen LogP contribution in [0.3, 0.4) is 0 Å². The fourth-order valence-electron chi connectivity index (χ4n) is 1.36. The van der Waals surface area contributed by atoms with E-state index < -0.39 is 5.92 Å². The SMILES string of the molecule is Cc1coc(NC2CC(F)(F)C2)n1. The smallest absolute Gasteiger partial charge is 0.294 e. The van der Waals surface area contributed by atoms with E-state index in [2.05, 4.69) is 10.3 Å². The summed E-state index contributed by atoms with van der Waals surface area (Å²) in [5, 5.41) is 2.80. The summed E-state index contributed by atoms with van der Waals surface area (Å²) in [5.74, 6) is -2.50. The minimum absolute atomic E-state index is 0.131. The molecular weight excluding hydrogens is 178 g/mol. The first-order valence-electron chi connectivity index (χ1n) is 4.12. The molecule has 0 radical (unpaired) electrons. The first kappa shape index (κ1) is 8.47. The van der Waals surface area contributed by atoms with E-state index in [9.17, 15) is 8.78 Å². The summed E-state index contributed by atoms with van der Waals surface area (Å²) in [6.07, 6.45) is 1.22. The molecule has 0 aliphatic heterocycles. The summed E-state index contributed by atoms with van der Waals surface area (Å²) < 4.78 is 29.8. The van der Waals surface area contributed by atoms with Crippen molar-refractivity contribution in [2.75, 3.05) is 5.32 Å². The fourth-order valence-corrected chi connectivity index (χ4v) is 1.36. The molecule has 72 valence electrons. The molecule has 0 bridgehead atoms. The molecule has 1 aliphatic carbocycles. The average Bonchev–Trinajstić information content (AvgIpc) is 2.31. The second-order valence-electron chi connectivity index (χ2n) is 3.40. The van der Waals surface area contributed by atoms with E-state index in [-0.39, 0.29) is 18.9 Å². The third kappa shape index (κ3) is 1.79. The summed E-state index contributed by atoms with van der Waals surface area (Å²) in [6, 6.07) is 0.131. The molecular formula is C8H10F2N2O. The molecule has 0 amide bonds. The van der Waals surface area contributed by atoms with Crippen molar-refractivity contribution in [2.24, 2.45) is 0 Å². The Balaban J connectivity index is 1.87. The van der Waals surface area contributed by atoms with Crippen molar-refractivity contribution in [3.63, 3.8) is 0 Å². The van der Waals surface area contributed by atoms with E-state index >= 15 is 0 Å². The zero-order chi connectivity index (χ0) is 9.47. The molecule has 3 nitrogen and oxygen atoms in total. The van der Waals surface area contributed by atoms with Crippen LogP contribution >= 0.6 is 0 Å². The second-order valence-corrected chi connectivity index (χ2v) is 3.40. The van der Waals surface area contributed by atoms with Gasteiger partial charge in [-0.3, -0.25) is 0 Å². The Kier molecular flexibility index (Phi) is 1.75. The van der Waals surface area contributed by atoms with Crippen molar-refractivity contribution >= 4 is 6.01 Å². The highest BCUT2D eigenvalue weighted by Crippen LogP contribution is 2.38. The van der Waals surface area contributed by atoms with Gasteiger partial charge in [0.25, 0.3) is 11.9 Å². The van der Waals surface area contributed by atoms with Gasteiger partial charge in [0, 0.05) is 18.9 Å². The van der Waals surface area contributed by atoms with Crippen LogP contribution in [0.1, 0.15) is 18.5 Å². The molecule has 1 saturated carbocycles. The number of anilines is 1. The van der Waals surface area contributed by atoms with Crippen molar-refractivity contribution in [1.82, 2.24) is 4.98 Å². The molecule has 0 aromatic carbocycles. The molecule has 0 atom stereocenters. The molecule has 1 N–H and O–H groups in total. The Morgan fingerprint density at radius 3 is 2.77 bits per heavy atom. The standard InChI is InChI=1S/C8H10F2N2O/c1-5-4-13-7(11-5)12-6-2-8(9,10)3-6/h4,6H,2-3H2,1H3,(H,11,12). The highest BCUT2D eigenvalue weighted by Gasteiger charge is 2.45. The largest absolute Gasteiger partial charge is 0.432 e. The van der Waals surface area contributed by atoms with E-state index in [1.54, 1.807) is 6.92 Å². The van der Waals surface area contributed by atoms with E-state index in [0.717, 1.165) is 5.69 Å². The van der Waals surface area contributed by atoms with Gasteiger partial charge in [0.05, 0.1) is 5.69 Å².